The molecule has 0 radical (unpaired) electrons. The van der Waals surface area contributed by atoms with Crippen molar-refractivity contribution in [2.24, 2.45) is 35.5 Å². The Bertz CT molecular complexity index is 1180. The van der Waals surface area contributed by atoms with Crippen molar-refractivity contribution in [1.82, 2.24) is 4.90 Å². The van der Waals surface area contributed by atoms with Gasteiger partial charge in [-0.3, -0.25) is 24.2 Å². The number of halogens is 1. The number of aryl methyl sites for hydroxylation is 2. The largest absolute Gasteiger partial charge is 0.289 e. The number of likely N-dealkylation sites (tertiary alicyclic amines) is 1. The van der Waals surface area contributed by atoms with Crippen molar-refractivity contribution in [2.45, 2.75) is 20.3 Å². The summed E-state index contributed by atoms with van der Waals surface area (Å²) in [6.07, 6.45) is 5.45. The van der Waals surface area contributed by atoms with Crippen LogP contribution in [0, 0.1) is 49.4 Å². The Hall–Kier alpha value is -2.92. The van der Waals surface area contributed by atoms with Gasteiger partial charge in [-0.2, -0.15) is 0 Å². The van der Waals surface area contributed by atoms with E-state index in [-0.39, 0.29) is 48.1 Å². The molecule has 33 heavy (non-hydrogen) atoms. The van der Waals surface area contributed by atoms with Gasteiger partial charge >= 0.3 is 0 Å². The molecule has 2 saturated carbocycles. The van der Waals surface area contributed by atoms with Crippen molar-refractivity contribution in [3.05, 3.63) is 76.3 Å². The summed E-state index contributed by atoms with van der Waals surface area (Å²) in [5.74, 6) is 0.333. The van der Waals surface area contributed by atoms with E-state index in [2.05, 4.69) is 12.2 Å². The quantitative estimate of drug-likeness (QED) is 0.494. The molecular weight excluding hydrogens is 436 g/mol. The number of nitrogens with zero attached hydrogens (tertiary/aromatic N) is 2. The molecule has 2 aromatic rings. The van der Waals surface area contributed by atoms with Gasteiger partial charge in [0.15, 0.2) is 0 Å². The highest BCUT2D eigenvalue weighted by Crippen LogP contribution is 2.65. The molecule has 1 saturated heterocycles. The van der Waals surface area contributed by atoms with E-state index in [9.17, 15) is 14.4 Å². The van der Waals surface area contributed by atoms with E-state index in [0.29, 0.717) is 28.1 Å². The minimum Gasteiger partial charge on any atom is -0.289 e. The molecule has 1 heterocycles. The maximum Gasteiger partial charge on any atom is 0.259 e. The van der Waals surface area contributed by atoms with Gasteiger partial charge in [0.1, 0.15) is 6.67 Å². The number of allylic oxidation sites excluding steroid dienone is 2. The van der Waals surface area contributed by atoms with E-state index >= 15 is 0 Å². The van der Waals surface area contributed by atoms with Crippen LogP contribution in [0.25, 0.3) is 0 Å². The summed E-state index contributed by atoms with van der Waals surface area (Å²) in [5.41, 5.74) is 3.15. The summed E-state index contributed by atoms with van der Waals surface area (Å²) >= 11 is 6.02. The molecule has 1 aliphatic heterocycles. The molecule has 6 atom stereocenters. The summed E-state index contributed by atoms with van der Waals surface area (Å²) in [7, 11) is 0. The fourth-order valence-electron chi connectivity index (χ4n) is 6.41. The maximum atomic E-state index is 13.6. The summed E-state index contributed by atoms with van der Waals surface area (Å²) < 4.78 is 0. The number of hydrogen-bond acceptors (Lipinski definition) is 3. The number of imide groups is 1. The van der Waals surface area contributed by atoms with Crippen LogP contribution in [0.4, 0.5) is 5.69 Å². The zero-order valence-corrected chi connectivity index (χ0v) is 19.3. The van der Waals surface area contributed by atoms with Gasteiger partial charge in [-0.1, -0.05) is 41.4 Å². The molecule has 0 N–H and O–H groups in total. The van der Waals surface area contributed by atoms with Gasteiger partial charge in [0, 0.05) is 16.3 Å². The highest BCUT2D eigenvalue weighted by atomic mass is 35.5. The fraction of sp³-hybridized carbons (Fsp3) is 0.370. The lowest BCUT2D eigenvalue weighted by molar-refractivity contribution is -0.140. The van der Waals surface area contributed by atoms with Crippen molar-refractivity contribution in [1.29, 1.82) is 0 Å². The van der Waals surface area contributed by atoms with Crippen LogP contribution in [0.1, 0.15) is 27.9 Å². The predicted molar refractivity (Wildman–Crippen MR) is 126 cm³/mol. The zero-order chi connectivity index (χ0) is 23.0. The van der Waals surface area contributed by atoms with Crippen molar-refractivity contribution in [3.63, 3.8) is 0 Å². The topological polar surface area (TPSA) is 57.7 Å². The number of anilines is 1. The highest BCUT2D eigenvalue weighted by molar-refractivity contribution is 6.30. The van der Waals surface area contributed by atoms with E-state index < -0.39 is 0 Å². The van der Waals surface area contributed by atoms with Crippen LogP contribution in [-0.4, -0.2) is 29.3 Å². The minimum absolute atomic E-state index is 0.0786. The third-order valence-corrected chi connectivity index (χ3v) is 8.27. The zero-order valence-electron chi connectivity index (χ0n) is 18.6. The van der Waals surface area contributed by atoms with E-state index in [4.69, 9.17) is 11.6 Å². The van der Waals surface area contributed by atoms with Crippen molar-refractivity contribution < 1.29 is 14.4 Å². The Morgan fingerprint density at radius 1 is 0.970 bits per heavy atom. The first kappa shape index (κ1) is 20.7. The van der Waals surface area contributed by atoms with E-state index in [0.717, 1.165) is 17.5 Å². The first-order valence-corrected chi connectivity index (χ1v) is 11.9. The molecule has 0 spiro atoms. The second-order valence-electron chi connectivity index (χ2n) is 9.93. The van der Waals surface area contributed by atoms with Gasteiger partial charge in [-0.15, -0.1) is 0 Å². The highest BCUT2D eigenvalue weighted by Gasteiger charge is 2.67. The first-order chi connectivity index (χ1) is 15.8. The predicted octanol–water partition coefficient (Wildman–Crippen LogP) is 4.61. The maximum absolute atomic E-state index is 13.6. The Morgan fingerprint density at radius 3 is 2.15 bits per heavy atom. The molecule has 6 heteroatoms. The summed E-state index contributed by atoms with van der Waals surface area (Å²) in [4.78, 5) is 43.6. The van der Waals surface area contributed by atoms with Gasteiger partial charge in [0.25, 0.3) is 5.91 Å². The molecule has 3 fully saturated rings. The van der Waals surface area contributed by atoms with Crippen LogP contribution in [0.2, 0.25) is 5.02 Å². The van der Waals surface area contributed by atoms with Crippen LogP contribution in [0.15, 0.2) is 54.6 Å². The van der Waals surface area contributed by atoms with Gasteiger partial charge in [-0.25, -0.2) is 0 Å². The third-order valence-electron chi connectivity index (χ3n) is 8.02. The second-order valence-corrected chi connectivity index (χ2v) is 10.4. The number of carbonyl (C=O) groups excluding carboxylic acids is 3. The number of amides is 3. The Balaban J connectivity index is 1.36. The van der Waals surface area contributed by atoms with Crippen molar-refractivity contribution in [2.75, 3.05) is 11.6 Å². The minimum atomic E-state index is -0.275. The number of hydrogen-bond donors (Lipinski definition) is 0. The molecule has 2 aromatic carbocycles. The van der Waals surface area contributed by atoms with Crippen molar-refractivity contribution >= 4 is 35.0 Å². The lowest BCUT2D eigenvalue weighted by atomic mass is 9.63. The van der Waals surface area contributed by atoms with Crippen LogP contribution >= 0.6 is 11.6 Å². The smallest absolute Gasteiger partial charge is 0.259 e. The molecule has 6 unspecified atom stereocenters. The first-order valence-electron chi connectivity index (χ1n) is 11.5. The van der Waals surface area contributed by atoms with Gasteiger partial charge < -0.3 is 0 Å². The van der Waals surface area contributed by atoms with Gasteiger partial charge in [0.05, 0.1) is 11.8 Å². The number of rotatable bonds is 4. The number of carbonyl (C=O) groups is 3. The van der Waals surface area contributed by atoms with E-state index in [1.54, 1.807) is 29.2 Å². The second kappa shape index (κ2) is 7.29. The normalized spacial score (nSPS) is 30.9. The summed E-state index contributed by atoms with van der Waals surface area (Å²) in [5, 5.41) is 0.542. The Morgan fingerprint density at radius 2 is 1.58 bits per heavy atom. The molecule has 7 rings (SSSR count). The molecular formula is C27H25ClN2O3. The molecule has 5 aliphatic rings. The van der Waals surface area contributed by atoms with Crippen LogP contribution < -0.4 is 4.90 Å². The van der Waals surface area contributed by atoms with Crippen LogP contribution in [0.5, 0.6) is 0 Å². The van der Waals surface area contributed by atoms with Crippen LogP contribution in [0.3, 0.4) is 0 Å². The standard InChI is InChI=1S/C27H25ClN2O3/c1-14-3-10-22(15(2)11-14)29(25(31)16-4-6-17(28)7-5-16)13-30-26(32)23-18-8-9-19(21-12-20(18)21)24(23)27(30)33/h3-11,18-21,23-24H,12-13H2,1-2H3. The molecule has 4 aliphatic carbocycles. The average molecular weight is 461 g/mol. The molecule has 3 amide bonds. The fourth-order valence-corrected chi connectivity index (χ4v) is 6.53. The summed E-state index contributed by atoms with van der Waals surface area (Å²) in [6.45, 7) is 3.86. The third kappa shape index (κ3) is 3.09. The van der Waals surface area contributed by atoms with E-state index in [1.165, 1.54) is 4.90 Å². The monoisotopic (exact) mass is 460 g/mol. The van der Waals surface area contributed by atoms with Gasteiger partial charge in [-0.05, 0) is 79.8 Å². The van der Waals surface area contributed by atoms with Gasteiger partial charge in [0.2, 0.25) is 11.8 Å². The lowest BCUT2D eigenvalue weighted by Gasteiger charge is -2.37. The molecule has 2 bridgehead atoms. The summed E-state index contributed by atoms with van der Waals surface area (Å²) in [6, 6.07) is 12.5. The van der Waals surface area contributed by atoms with Crippen molar-refractivity contribution in [3.8, 4) is 0 Å². The Labute approximate surface area is 198 Å². The van der Waals surface area contributed by atoms with Crippen LogP contribution in [-0.2, 0) is 9.59 Å². The molecule has 168 valence electrons. The lowest BCUT2D eigenvalue weighted by Crippen LogP contribution is -2.45. The number of benzene rings is 2. The van der Waals surface area contributed by atoms with E-state index in [1.807, 2.05) is 32.0 Å². The molecule has 5 nitrogen and oxygen atoms in total. The Kier molecular flexibility index (Phi) is 4.57. The molecule has 0 aromatic heterocycles. The SMILES string of the molecule is Cc1ccc(N(CN2C(=O)C3C4C=CC(C5CC45)C3C2=O)C(=O)c2ccc(Cl)cc2)c(C)c1. The average Bonchev–Trinajstić information content (AvgIpc) is 3.58.